The third-order valence-corrected chi connectivity index (χ3v) is 5.42. The second-order valence-corrected chi connectivity index (χ2v) is 9.27. The molecule has 0 atom stereocenters. The zero-order chi connectivity index (χ0) is 21.6. The third-order valence-electron chi connectivity index (χ3n) is 4.33. The number of sulfone groups is 1. The average Bonchev–Trinajstić information content (AvgIpc) is 2.67. The van der Waals surface area contributed by atoms with Gasteiger partial charge in [-0.1, -0.05) is 60.2 Å². The molecular weight excluding hydrogens is 382 g/mol. The average molecular weight is 410 g/mol. The molecule has 0 aromatic heterocycles. The van der Waals surface area contributed by atoms with Crippen LogP contribution in [0.3, 0.4) is 0 Å². The highest BCUT2D eigenvalue weighted by atomic mass is 32.2. The summed E-state index contributed by atoms with van der Waals surface area (Å²) >= 11 is 0. The number of hydrogen-bond acceptors (Lipinski definition) is 3. The van der Waals surface area contributed by atoms with Gasteiger partial charge < -0.3 is 5.32 Å². The molecule has 0 bridgehead atoms. The fourth-order valence-corrected chi connectivity index (χ4v) is 3.30. The molecule has 0 saturated carbocycles. The minimum Gasteiger partial charge on any atom is -0.348 e. The first kappa shape index (κ1) is 22.4. The molecule has 0 heterocycles. The first-order chi connectivity index (χ1) is 13.6. The van der Waals surface area contributed by atoms with Gasteiger partial charge in [-0.2, -0.15) is 0 Å². The number of amides is 1. The first-order valence-electron chi connectivity index (χ1n) is 9.27. The summed E-state index contributed by atoms with van der Waals surface area (Å²) in [6, 6.07) is 12.4. The lowest BCUT2D eigenvalue weighted by Gasteiger charge is -2.11. The number of aryl methyl sites for hydroxylation is 1. The van der Waals surface area contributed by atoms with Crippen molar-refractivity contribution < 1.29 is 13.2 Å². The Bertz CT molecular complexity index is 1070. The largest absolute Gasteiger partial charge is 0.348 e. The van der Waals surface area contributed by atoms with E-state index in [9.17, 15) is 13.2 Å². The van der Waals surface area contributed by atoms with Gasteiger partial charge in [-0.15, -0.1) is 0 Å². The number of nitrogens with one attached hydrogen (secondary N) is 1. The highest BCUT2D eigenvalue weighted by molar-refractivity contribution is 7.90. The van der Waals surface area contributed by atoms with E-state index in [0.29, 0.717) is 17.7 Å². The minimum atomic E-state index is -3.47. The molecule has 5 heteroatoms. The van der Waals surface area contributed by atoms with Crippen LogP contribution in [0, 0.1) is 6.92 Å². The normalized spacial score (nSPS) is 11.7. The van der Waals surface area contributed by atoms with Crippen molar-refractivity contribution >= 4 is 15.7 Å². The fourth-order valence-electron chi connectivity index (χ4n) is 2.61. The molecule has 0 fully saturated rings. The zero-order valence-corrected chi connectivity index (χ0v) is 18.1. The summed E-state index contributed by atoms with van der Waals surface area (Å²) in [4.78, 5) is 12.9. The Morgan fingerprint density at radius 2 is 1.69 bits per heavy atom. The number of allylic oxidation sites excluding steroid dienone is 3. The summed E-state index contributed by atoms with van der Waals surface area (Å²) < 4.78 is 24.3. The highest BCUT2D eigenvalue weighted by Crippen LogP contribution is 2.25. The van der Waals surface area contributed by atoms with Gasteiger partial charge in [0.25, 0.3) is 5.91 Å². The molecule has 2 aromatic rings. The number of carbonyl (C=O) groups is 1. The van der Waals surface area contributed by atoms with Crippen LogP contribution in [-0.4, -0.2) is 27.1 Å². The monoisotopic (exact) mass is 409 g/mol. The molecule has 0 spiro atoms. The van der Waals surface area contributed by atoms with Gasteiger partial charge in [-0.25, -0.2) is 8.42 Å². The number of benzene rings is 2. The lowest BCUT2D eigenvalue weighted by atomic mass is 10.0. The molecule has 0 radical (unpaired) electrons. The van der Waals surface area contributed by atoms with Crippen molar-refractivity contribution in [2.24, 2.45) is 0 Å². The van der Waals surface area contributed by atoms with Gasteiger partial charge in [0.05, 0.1) is 4.90 Å². The van der Waals surface area contributed by atoms with Gasteiger partial charge in [0.1, 0.15) is 0 Å². The van der Waals surface area contributed by atoms with Crippen molar-refractivity contribution in [1.82, 2.24) is 5.32 Å². The molecule has 0 aliphatic carbocycles. The lowest BCUT2D eigenvalue weighted by Crippen LogP contribution is -2.25. The molecule has 29 heavy (non-hydrogen) atoms. The highest BCUT2D eigenvalue weighted by Gasteiger charge is 2.15. The van der Waals surface area contributed by atoms with Crippen LogP contribution in [0.5, 0.6) is 0 Å². The fraction of sp³-hybridized carbons (Fsp3) is 0.208. The zero-order valence-electron chi connectivity index (χ0n) is 17.3. The maximum Gasteiger partial charge on any atom is 0.251 e. The predicted octanol–water partition coefficient (Wildman–Crippen LogP) is 4.87. The molecular formula is C24H27NO3S. The van der Waals surface area contributed by atoms with Crippen LogP contribution in [0.2, 0.25) is 0 Å². The van der Waals surface area contributed by atoms with Crippen LogP contribution in [0.1, 0.15) is 29.8 Å². The van der Waals surface area contributed by atoms with E-state index >= 15 is 0 Å². The molecule has 2 aromatic carbocycles. The van der Waals surface area contributed by atoms with Crippen LogP contribution in [-0.2, 0) is 9.84 Å². The smallest absolute Gasteiger partial charge is 0.251 e. The maximum atomic E-state index is 12.7. The van der Waals surface area contributed by atoms with Gasteiger partial charge in [0, 0.05) is 18.4 Å². The molecule has 152 valence electrons. The molecule has 4 nitrogen and oxygen atoms in total. The second-order valence-electron chi connectivity index (χ2n) is 7.26. The van der Waals surface area contributed by atoms with Gasteiger partial charge >= 0.3 is 0 Å². The van der Waals surface area contributed by atoms with E-state index in [1.807, 2.05) is 57.2 Å². The number of carbonyl (C=O) groups excluding carboxylic acids is 1. The Morgan fingerprint density at radius 1 is 1.03 bits per heavy atom. The summed E-state index contributed by atoms with van der Waals surface area (Å²) in [7, 11) is -3.47. The number of rotatable bonds is 7. The lowest BCUT2D eigenvalue weighted by molar-refractivity contribution is 0.0957. The summed E-state index contributed by atoms with van der Waals surface area (Å²) in [6.45, 7) is 10.0. The van der Waals surface area contributed by atoms with Crippen molar-refractivity contribution in [3.05, 3.63) is 89.5 Å². The standard InChI is InChI=1S/C24H27NO3S/c1-6-19(10-7-17(2)3)16-25-24(26)22-13-21(14-23(15-22)29(5,27)28)20-11-8-18(4)9-12-20/h6-15H,1,16H2,2-5H3,(H,25,26)/b19-10+. The predicted molar refractivity (Wildman–Crippen MR) is 120 cm³/mol. The summed E-state index contributed by atoms with van der Waals surface area (Å²) in [5, 5.41) is 2.84. The van der Waals surface area contributed by atoms with E-state index in [0.717, 1.165) is 28.5 Å². The van der Waals surface area contributed by atoms with E-state index < -0.39 is 9.84 Å². The van der Waals surface area contributed by atoms with Crippen molar-refractivity contribution in [2.75, 3.05) is 12.8 Å². The van der Waals surface area contributed by atoms with Crippen molar-refractivity contribution in [3.63, 3.8) is 0 Å². The van der Waals surface area contributed by atoms with Crippen molar-refractivity contribution in [3.8, 4) is 11.1 Å². The SMILES string of the molecule is C=C/C(=C\C=C(C)C)CNC(=O)c1cc(-c2ccc(C)cc2)cc(S(C)(=O)=O)c1. The molecule has 0 saturated heterocycles. The van der Waals surface area contributed by atoms with Crippen LogP contribution in [0.4, 0.5) is 0 Å². The van der Waals surface area contributed by atoms with E-state index in [1.54, 1.807) is 18.2 Å². The van der Waals surface area contributed by atoms with E-state index in [1.165, 1.54) is 6.07 Å². The Balaban J connectivity index is 2.38. The Morgan fingerprint density at radius 3 is 2.24 bits per heavy atom. The number of hydrogen-bond donors (Lipinski definition) is 1. The Labute approximate surface area is 173 Å². The molecule has 0 aliphatic heterocycles. The molecule has 1 N–H and O–H groups in total. The summed E-state index contributed by atoms with van der Waals surface area (Å²) in [6.07, 6.45) is 6.67. The van der Waals surface area contributed by atoms with Crippen molar-refractivity contribution in [2.45, 2.75) is 25.7 Å². The molecule has 1 amide bonds. The van der Waals surface area contributed by atoms with Crippen LogP contribution >= 0.6 is 0 Å². The second kappa shape index (κ2) is 9.52. The van der Waals surface area contributed by atoms with E-state index in [4.69, 9.17) is 0 Å². The Kier molecular flexibility index (Phi) is 7.35. The van der Waals surface area contributed by atoms with Gasteiger partial charge in [0.15, 0.2) is 9.84 Å². The molecule has 0 unspecified atom stereocenters. The van der Waals surface area contributed by atoms with Gasteiger partial charge in [-0.3, -0.25) is 4.79 Å². The minimum absolute atomic E-state index is 0.116. The van der Waals surface area contributed by atoms with Crippen LogP contribution < -0.4 is 5.32 Å². The van der Waals surface area contributed by atoms with Crippen LogP contribution in [0.25, 0.3) is 11.1 Å². The summed E-state index contributed by atoms with van der Waals surface area (Å²) in [5.74, 6) is -0.339. The topological polar surface area (TPSA) is 63.2 Å². The van der Waals surface area contributed by atoms with Crippen LogP contribution in [0.15, 0.2) is 83.3 Å². The van der Waals surface area contributed by atoms with E-state index in [-0.39, 0.29) is 10.8 Å². The third kappa shape index (κ3) is 6.57. The Hall–Kier alpha value is -2.92. The van der Waals surface area contributed by atoms with E-state index in [2.05, 4.69) is 11.9 Å². The van der Waals surface area contributed by atoms with Gasteiger partial charge in [0.2, 0.25) is 0 Å². The first-order valence-corrected chi connectivity index (χ1v) is 11.2. The van der Waals surface area contributed by atoms with Crippen molar-refractivity contribution in [1.29, 1.82) is 0 Å². The molecule has 0 aliphatic rings. The van der Waals surface area contributed by atoms with Gasteiger partial charge in [-0.05, 0) is 55.7 Å². The summed E-state index contributed by atoms with van der Waals surface area (Å²) in [5.41, 5.74) is 4.93. The molecule has 2 rings (SSSR count). The quantitative estimate of drug-likeness (QED) is 0.663. The maximum absolute atomic E-state index is 12.7.